The Morgan fingerprint density at radius 3 is 2.61 bits per heavy atom. The quantitative estimate of drug-likeness (QED) is 0.712. The zero-order chi connectivity index (χ0) is 17.6. The number of esters is 1. The molecule has 0 fully saturated rings. The van der Waals surface area contributed by atoms with Crippen LogP contribution in [0.4, 0.5) is 0 Å². The SMILES string of the molecule is CCC[C@@H](C)NC(=O)COC(=O)c1ccc(Cl)c(S(N)(=O)=O)c1. The number of nitrogens with two attached hydrogens (primary N) is 1. The number of primary sulfonamides is 1. The van der Waals surface area contributed by atoms with Crippen LogP contribution >= 0.6 is 11.6 Å². The smallest absolute Gasteiger partial charge is 0.338 e. The molecule has 7 nitrogen and oxygen atoms in total. The molecule has 23 heavy (non-hydrogen) atoms. The van der Waals surface area contributed by atoms with Crippen molar-refractivity contribution in [2.45, 2.75) is 37.6 Å². The summed E-state index contributed by atoms with van der Waals surface area (Å²) in [6.07, 6.45) is 1.73. The molecule has 0 saturated heterocycles. The van der Waals surface area contributed by atoms with Gasteiger partial charge in [-0.15, -0.1) is 0 Å². The minimum Gasteiger partial charge on any atom is -0.452 e. The lowest BCUT2D eigenvalue weighted by molar-refractivity contribution is -0.124. The zero-order valence-electron chi connectivity index (χ0n) is 12.8. The standard InChI is InChI=1S/C14H19ClN2O5S/c1-3-4-9(2)17-13(18)8-22-14(19)10-5-6-11(15)12(7-10)23(16,20)21/h5-7,9H,3-4,8H2,1-2H3,(H,17,18)(H2,16,20,21)/t9-/m1/s1. The number of carbonyl (C=O) groups is 2. The third kappa shape index (κ3) is 6.17. The Balaban J connectivity index is 2.71. The van der Waals surface area contributed by atoms with E-state index in [-0.39, 0.29) is 21.5 Å². The largest absolute Gasteiger partial charge is 0.452 e. The maximum absolute atomic E-state index is 11.9. The lowest BCUT2D eigenvalue weighted by Crippen LogP contribution is -2.35. The molecule has 1 aromatic carbocycles. The van der Waals surface area contributed by atoms with Crippen LogP contribution in [-0.4, -0.2) is 32.9 Å². The molecule has 1 amide bonds. The topological polar surface area (TPSA) is 116 Å². The average Bonchev–Trinajstić information content (AvgIpc) is 2.44. The normalized spacial score (nSPS) is 12.5. The molecule has 0 aliphatic carbocycles. The van der Waals surface area contributed by atoms with Gasteiger partial charge in [-0.25, -0.2) is 18.4 Å². The third-order valence-electron chi connectivity index (χ3n) is 2.94. The molecule has 0 bridgehead atoms. The molecule has 0 aliphatic rings. The van der Waals surface area contributed by atoms with Crippen LogP contribution in [0.3, 0.4) is 0 Å². The number of ether oxygens (including phenoxy) is 1. The number of hydrogen-bond donors (Lipinski definition) is 2. The van der Waals surface area contributed by atoms with Gasteiger partial charge < -0.3 is 10.1 Å². The highest BCUT2D eigenvalue weighted by molar-refractivity contribution is 7.89. The fraction of sp³-hybridized carbons (Fsp3) is 0.429. The molecular formula is C14H19ClN2O5S. The summed E-state index contributed by atoms with van der Waals surface area (Å²) in [4.78, 5) is 23.1. The van der Waals surface area contributed by atoms with E-state index in [9.17, 15) is 18.0 Å². The van der Waals surface area contributed by atoms with Crippen molar-refractivity contribution in [3.8, 4) is 0 Å². The van der Waals surface area contributed by atoms with Gasteiger partial charge in [-0.05, 0) is 31.5 Å². The van der Waals surface area contributed by atoms with Gasteiger partial charge >= 0.3 is 5.97 Å². The highest BCUT2D eigenvalue weighted by Crippen LogP contribution is 2.21. The lowest BCUT2D eigenvalue weighted by Gasteiger charge is -2.13. The summed E-state index contributed by atoms with van der Waals surface area (Å²) < 4.78 is 27.6. The first-order valence-corrected chi connectivity index (χ1v) is 8.86. The molecule has 1 aromatic rings. The molecule has 0 aromatic heterocycles. The molecule has 0 spiro atoms. The van der Waals surface area contributed by atoms with Crippen LogP contribution in [0.25, 0.3) is 0 Å². The number of sulfonamides is 1. The third-order valence-corrected chi connectivity index (χ3v) is 4.33. The predicted octanol–water partition coefficient (Wildman–Crippen LogP) is 1.45. The van der Waals surface area contributed by atoms with Crippen molar-refractivity contribution >= 4 is 33.5 Å². The Morgan fingerprint density at radius 2 is 2.04 bits per heavy atom. The Labute approximate surface area is 140 Å². The van der Waals surface area contributed by atoms with E-state index in [1.54, 1.807) is 0 Å². The second kappa shape index (κ2) is 8.28. The number of hydrogen-bond acceptors (Lipinski definition) is 5. The van der Waals surface area contributed by atoms with Gasteiger partial charge in [0.05, 0.1) is 10.6 Å². The lowest BCUT2D eigenvalue weighted by atomic mass is 10.2. The second-order valence-electron chi connectivity index (χ2n) is 5.02. The Hall–Kier alpha value is -1.64. The molecular weight excluding hydrogens is 344 g/mol. The van der Waals surface area contributed by atoms with Gasteiger partial charge in [0, 0.05) is 6.04 Å². The molecule has 0 radical (unpaired) electrons. The zero-order valence-corrected chi connectivity index (χ0v) is 14.4. The highest BCUT2D eigenvalue weighted by atomic mass is 35.5. The molecule has 0 saturated carbocycles. The summed E-state index contributed by atoms with van der Waals surface area (Å²) in [6, 6.07) is 3.51. The average molecular weight is 363 g/mol. The van der Waals surface area contributed by atoms with Crippen molar-refractivity contribution in [1.82, 2.24) is 5.32 Å². The van der Waals surface area contributed by atoms with Crippen LogP contribution in [-0.2, 0) is 19.6 Å². The fourth-order valence-corrected chi connectivity index (χ4v) is 2.96. The Bertz CT molecular complexity index is 690. The number of rotatable bonds is 7. The molecule has 1 rings (SSSR count). The van der Waals surface area contributed by atoms with Crippen molar-refractivity contribution in [1.29, 1.82) is 0 Å². The van der Waals surface area contributed by atoms with Gasteiger partial charge in [0.2, 0.25) is 10.0 Å². The van der Waals surface area contributed by atoms with Crippen LogP contribution in [0.5, 0.6) is 0 Å². The maximum atomic E-state index is 11.9. The van der Waals surface area contributed by atoms with Crippen molar-refractivity contribution in [3.05, 3.63) is 28.8 Å². The van der Waals surface area contributed by atoms with E-state index in [1.807, 2.05) is 13.8 Å². The van der Waals surface area contributed by atoms with Gasteiger partial charge in [0.1, 0.15) is 4.90 Å². The first kappa shape index (κ1) is 19.4. The van der Waals surface area contributed by atoms with Gasteiger partial charge in [-0.3, -0.25) is 4.79 Å². The summed E-state index contributed by atoms with van der Waals surface area (Å²) in [5, 5.41) is 7.58. The number of benzene rings is 1. The van der Waals surface area contributed by atoms with Crippen LogP contribution < -0.4 is 10.5 Å². The molecule has 3 N–H and O–H groups in total. The van der Waals surface area contributed by atoms with Crippen LogP contribution in [0.1, 0.15) is 37.0 Å². The highest BCUT2D eigenvalue weighted by Gasteiger charge is 2.18. The monoisotopic (exact) mass is 362 g/mol. The maximum Gasteiger partial charge on any atom is 0.338 e. The van der Waals surface area contributed by atoms with Crippen LogP contribution in [0, 0.1) is 0 Å². The van der Waals surface area contributed by atoms with E-state index in [2.05, 4.69) is 5.32 Å². The van der Waals surface area contributed by atoms with Crippen LogP contribution in [0.15, 0.2) is 23.1 Å². The van der Waals surface area contributed by atoms with Crippen molar-refractivity contribution in [2.24, 2.45) is 5.14 Å². The Kier molecular flexibility index (Phi) is 6.99. The van der Waals surface area contributed by atoms with Crippen LogP contribution in [0.2, 0.25) is 5.02 Å². The number of nitrogens with one attached hydrogen (secondary N) is 1. The van der Waals surface area contributed by atoms with E-state index < -0.39 is 28.5 Å². The summed E-state index contributed by atoms with van der Waals surface area (Å²) in [7, 11) is -4.06. The fourth-order valence-electron chi connectivity index (χ4n) is 1.88. The first-order chi connectivity index (χ1) is 10.6. The predicted molar refractivity (Wildman–Crippen MR) is 85.6 cm³/mol. The Morgan fingerprint density at radius 1 is 1.39 bits per heavy atom. The van der Waals surface area contributed by atoms with Gasteiger partial charge in [-0.1, -0.05) is 24.9 Å². The number of amides is 1. The minimum atomic E-state index is -4.06. The first-order valence-electron chi connectivity index (χ1n) is 6.94. The van der Waals surface area contributed by atoms with E-state index in [1.165, 1.54) is 12.1 Å². The van der Waals surface area contributed by atoms with E-state index >= 15 is 0 Å². The van der Waals surface area contributed by atoms with E-state index in [4.69, 9.17) is 21.5 Å². The molecule has 1 atom stereocenters. The van der Waals surface area contributed by atoms with Crippen molar-refractivity contribution in [3.63, 3.8) is 0 Å². The minimum absolute atomic E-state index is 0.0179. The molecule has 0 aliphatic heterocycles. The van der Waals surface area contributed by atoms with Gasteiger partial charge in [0.15, 0.2) is 6.61 Å². The molecule has 0 heterocycles. The molecule has 0 unspecified atom stereocenters. The van der Waals surface area contributed by atoms with E-state index in [0.29, 0.717) is 0 Å². The number of halogens is 1. The summed E-state index contributed by atoms with van der Waals surface area (Å²) >= 11 is 5.72. The summed E-state index contributed by atoms with van der Waals surface area (Å²) in [5.41, 5.74) is -0.0622. The van der Waals surface area contributed by atoms with Gasteiger partial charge in [-0.2, -0.15) is 0 Å². The number of carbonyl (C=O) groups excluding carboxylic acids is 2. The summed E-state index contributed by atoms with van der Waals surface area (Å²) in [6.45, 7) is 3.38. The van der Waals surface area contributed by atoms with Crippen molar-refractivity contribution < 1.29 is 22.7 Å². The second-order valence-corrected chi connectivity index (χ2v) is 6.96. The summed E-state index contributed by atoms with van der Waals surface area (Å²) in [5.74, 6) is -1.27. The van der Waals surface area contributed by atoms with E-state index in [0.717, 1.165) is 18.9 Å². The van der Waals surface area contributed by atoms with Gasteiger partial charge in [0.25, 0.3) is 5.91 Å². The molecule has 128 valence electrons. The van der Waals surface area contributed by atoms with Crippen molar-refractivity contribution in [2.75, 3.05) is 6.61 Å². The molecule has 9 heteroatoms.